The van der Waals surface area contributed by atoms with Crippen LogP contribution in [-0.2, 0) is 0 Å². The lowest BCUT2D eigenvalue weighted by atomic mass is 10.1. The molecule has 1 nitrogen and oxygen atoms in total. The Kier molecular flexibility index (Phi) is 4.87. The summed E-state index contributed by atoms with van der Waals surface area (Å²) in [6.45, 7) is 2.15. The molecular weight excluding hydrogens is 422 g/mol. The highest BCUT2D eigenvalue weighted by Gasteiger charge is 2.09. The van der Waals surface area contributed by atoms with E-state index in [2.05, 4.69) is 90.4 Å². The second-order valence-electron chi connectivity index (χ2n) is 4.04. The van der Waals surface area contributed by atoms with Gasteiger partial charge in [0, 0.05) is 25.1 Å². The normalized spacial score (nSPS) is 12.2. The van der Waals surface area contributed by atoms with Crippen LogP contribution in [0.25, 0.3) is 0 Å². The van der Waals surface area contributed by atoms with Gasteiger partial charge in [0.2, 0.25) is 0 Å². The van der Waals surface area contributed by atoms with Crippen LogP contribution in [0.1, 0.15) is 18.5 Å². The van der Waals surface area contributed by atoms with Crippen LogP contribution in [0.15, 0.2) is 55.9 Å². The van der Waals surface area contributed by atoms with Crippen LogP contribution in [0.2, 0.25) is 0 Å². The van der Waals surface area contributed by atoms with Crippen molar-refractivity contribution in [2.45, 2.75) is 13.0 Å². The summed E-state index contributed by atoms with van der Waals surface area (Å²) in [4.78, 5) is 0. The molecule has 0 aliphatic rings. The zero-order valence-electron chi connectivity index (χ0n) is 9.75. The second kappa shape index (κ2) is 6.22. The number of nitrogens with one attached hydrogen (secondary N) is 1. The third-order valence-electron chi connectivity index (χ3n) is 2.66. The van der Waals surface area contributed by atoms with Gasteiger partial charge in [-0.15, -0.1) is 0 Å². The summed E-state index contributed by atoms with van der Waals surface area (Å²) in [6.07, 6.45) is 0. The van der Waals surface area contributed by atoms with E-state index in [0.717, 1.165) is 19.1 Å². The van der Waals surface area contributed by atoms with Crippen LogP contribution >= 0.6 is 47.8 Å². The second-order valence-corrected chi connectivity index (χ2v) is 6.72. The van der Waals surface area contributed by atoms with E-state index in [4.69, 9.17) is 0 Å². The van der Waals surface area contributed by atoms with Crippen molar-refractivity contribution in [2.24, 2.45) is 0 Å². The fourth-order valence-electron chi connectivity index (χ4n) is 1.73. The van der Waals surface area contributed by atoms with Crippen LogP contribution in [-0.4, -0.2) is 0 Å². The van der Waals surface area contributed by atoms with E-state index in [1.807, 2.05) is 12.1 Å². The lowest BCUT2D eigenvalue weighted by molar-refractivity contribution is 0.878. The fraction of sp³-hybridized carbons (Fsp3) is 0.143. The standard InChI is InChI=1S/C14H12Br3N/c1-9(13-7-4-11(16)8-14(13)17)18-12-5-2-10(15)3-6-12/h2-9,18H,1H3. The van der Waals surface area contributed by atoms with Crippen molar-refractivity contribution >= 4 is 53.5 Å². The van der Waals surface area contributed by atoms with Crippen LogP contribution in [0.4, 0.5) is 5.69 Å². The van der Waals surface area contributed by atoms with Crippen molar-refractivity contribution in [2.75, 3.05) is 5.32 Å². The minimum absolute atomic E-state index is 0.244. The highest BCUT2D eigenvalue weighted by Crippen LogP contribution is 2.29. The summed E-state index contributed by atoms with van der Waals surface area (Å²) in [7, 11) is 0. The first kappa shape index (κ1) is 14.1. The molecule has 94 valence electrons. The topological polar surface area (TPSA) is 12.0 Å². The fourth-order valence-corrected chi connectivity index (χ4v) is 3.38. The first-order valence-electron chi connectivity index (χ1n) is 5.53. The first-order chi connectivity index (χ1) is 8.56. The molecule has 1 atom stereocenters. The molecule has 0 spiro atoms. The number of anilines is 1. The van der Waals surface area contributed by atoms with Gasteiger partial charge < -0.3 is 5.32 Å². The molecule has 0 amide bonds. The highest BCUT2D eigenvalue weighted by molar-refractivity contribution is 9.11. The summed E-state index contributed by atoms with van der Waals surface area (Å²) >= 11 is 10.5. The monoisotopic (exact) mass is 431 g/mol. The van der Waals surface area contributed by atoms with Crippen molar-refractivity contribution in [1.82, 2.24) is 0 Å². The van der Waals surface area contributed by atoms with E-state index >= 15 is 0 Å². The van der Waals surface area contributed by atoms with Crippen molar-refractivity contribution in [3.8, 4) is 0 Å². The average Bonchev–Trinajstić information content (AvgIpc) is 2.32. The van der Waals surface area contributed by atoms with E-state index in [9.17, 15) is 0 Å². The molecule has 0 radical (unpaired) electrons. The van der Waals surface area contributed by atoms with Gasteiger partial charge in [-0.2, -0.15) is 0 Å². The Labute approximate surface area is 132 Å². The van der Waals surface area contributed by atoms with E-state index in [1.54, 1.807) is 0 Å². The number of halogens is 3. The Morgan fingerprint density at radius 3 is 2.11 bits per heavy atom. The Bertz CT molecular complexity index is 537. The third-order valence-corrected chi connectivity index (χ3v) is 4.37. The molecule has 2 aromatic carbocycles. The van der Waals surface area contributed by atoms with E-state index in [1.165, 1.54) is 5.56 Å². The van der Waals surface area contributed by atoms with Crippen molar-refractivity contribution in [1.29, 1.82) is 0 Å². The van der Waals surface area contributed by atoms with Crippen LogP contribution in [0.5, 0.6) is 0 Å². The maximum absolute atomic E-state index is 3.60. The van der Waals surface area contributed by atoms with Crippen molar-refractivity contribution in [3.05, 3.63) is 61.4 Å². The van der Waals surface area contributed by atoms with Gasteiger partial charge >= 0.3 is 0 Å². The predicted octanol–water partition coefficient (Wildman–Crippen LogP) is 6.15. The summed E-state index contributed by atoms with van der Waals surface area (Å²) in [5, 5.41) is 3.48. The zero-order chi connectivity index (χ0) is 13.1. The quantitative estimate of drug-likeness (QED) is 0.612. The number of benzene rings is 2. The predicted molar refractivity (Wildman–Crippen MR) is 88.0 cm³/mol. The average molecular weight is 434 g/mol. The molecule has 0 saturated carbocycles. The Morgan fingerprint density at radius 1 is 0.889 bits per heavy atom. The van der Waals surface area contributed by atoms with E-state index in [-0.39, 0.29) is 6.04 Å². The van der Waals surface area contributed by atoms with Gasteiger partial charge in [-0.05, 0) is 48.9 Å². The maximum atomic E-state index is 3.60. The van der Waals surface area contributed by atoms with E-state index < -0.39 is 0 Å². The molecule has 1 N–H and O–H groups in total. The number of rotatable bonds is 3. The zero-order valence-corrected chi connectivity index (χ0v) is 14.5. The molecular formula is C14H12Br3N. The van der Waals surface area contributed by atoms with Crippen LogP contribution < -0.4 is 5.32 Å². The van der Waals surface area contributed by atoms with Gasteiger partial charge in [0.15, 0.2) is 0 Å². The van der Waals surface area contributed by atoms with Gasteiger partial charge in [-0.25, -0.2) is 0 Å². The molecule has 4 heteroatoms. The lowest BCUT2D eigenvalue weighted by Gasteiger charge is -2.17. The van der Waals surface area contributed by atoms with Gasteiger partial charge in [0.05, 0.1) is 0 Å². The Balaban J connectivity index is 2.16. The molecule has 0 fully saturated rings. The molecule has 2 aromatic rings. The first-order valence-corrected chi connectivity index (χ1v) is 7.91. The summed E-state index contributed by atoms with van der Waals surface area (Å²) in [5.41, 5.74) is 2.35. The largest absolute Gasteiger partial charge is 0.378 e. The lowest BCUT2D eigenvalue weighted by Crippen LogP contribution is -2.07. The number of hydrogen-bond donors (Lipinski definition) is 1. The number of hydrogen-bond acceptors (Lipinski definition) is 1. The SMILES string of the molecule is CC(Nc1ccc(Br)cc1)c1ccc(Br)cc1Br. The molecule has 0 heterocycles. The maximum Gasteiger partial charge on any atom is 0.0496 e. The van der Waals surface area contributed by atoms with Gasteiger partial charge in [-0.3, -0.25) is 0 Å². The minimum Gasteiger partial charge on any atom is -0.378 e. The van der Waals surface area contributed by atoms with Crippen molar-refractivity contribution in [3.63, 3.8) is 0 Å². The highest BCUT2D eigenvalue weighted by atomic mass is 79.9. The Morgan fingerprint density at radius 2 is 1.50 bits per heavy atom. The molecule has 1 unspecified atom stereocenters. The van der Waals surface area contributed by atoms with Gasteiger partial charge in [0.1, 0.15) is 0 Å². The van der Waals surface area contributed by atoms with Crippen molar-refractivity contribution < 1.29 is 0 Å². The Hall–Kier alpha value is -0.320. The van der Waals surface area contributed by atoms with Crippen LogP contribution in [0, 0.1) is 0 Å². The molecule has 0 aliphatic carbocycles. The summed E-state index contributed by atoms with van der Waals surface area (Å²) in [5.74, 6) is 0. The molecule has 0 aromatic heterocycles. The molecule has 0 aliphatic heterocycles. The van der Waals surface area contributed by atoms with Gasteiger partial charge in [-0.1, -0.05) is 53.9 Å². The minimum atomic E-state index is 0.244. The van der Waals surface area contributed by atoms with Crippen LogP contribution in [0.3, 0.4) is 0 Å². The van der Waals surface area contributed by atoms with Gasteiger partial charge in [0.25, 0.3) is 0 Å². The molecule has 18 heavy (non-hydrogen) atoms. The molecule has 0 bridgehead atoms. The molecule has 0 saturated heterocycles. The summed E-state index contributed by atoms with van der Waals surface area (Å²) in [6, 6.07) is 14.7. The van der Waals surface area contributed by atoms with E-state index in [0.29, 0.717) is 0 Å². The summed E-state index contributed by atoms with van der Waals surface area (Å²) < 4.78 is 3.27. The smallest absolute Gasteiger partial charge is 0.0496 e. The third kappa shape index (κ3) is 3.59. The molecule has 2 rings (SSSR count).